The van der Waals surface area contributed by atoms with Crippen LogP contribution in [0.1, 0.15) is 33.7 Å². The summed E-state index contributed by atoms with van der Waals surface area (Å²) in [6, 6.07) is 32.2. The van der Waals surface area contributed by atoms with Gasteiger partial charge in [0.2, 0.25) is 0 Å². The zero-order chi connectivity index (χ0) is 20.9. The quantitative estimate of drug-likeness (QED) is 0.285. The van der Waals surface area contributed by atoms with Gasteiger partial charge < -0.3 is 5.32 Å². The smallest absolute Gasteiger partial charge is 0.0726 e. The highest BCUT2D eigenvalue weighted by atomic mass is 15.0. The summed E-state index contributed by atoms with van der Waals surface area (Å²) in [7, 11) is 0. The third-order valence-electron chi connectivity index (χ3n) is 8.00. The van der Waals surface area contributed by atoms with E-state index in [1.54, 1.807) is 0 Å². The lowest BCUT2D eigenvalue weighted by Crippen LogP contribution is -2.25. The van der Waals surface area contributed by atoms with Gasteiger partial charge in [-0.15, -0.1) is 0 Å². The van der Waals surface area contributed by atoms with Crippen LogP contribution >= 0.6 is 0 Å². The number of nitrogens with one attached hydrogen (secondary N) is 1. The molecule has 4 aliphatic rings. The van der Waals surface area contributed by atoms with Crippen molar-refractivity contribution in [3.63, 3.8) is 0 Å². The molecule has 150 valence electrons. The number of allylic oxidation sites excluding steroid dienone is 2. The Labute approximate surface area is 187 Å². The van der Waals surface area contributed by atoms with Crippen molar-refractivity contribution in [3.8, 4) is 22.3 Å². The molecule has 0 saturated carbocycles. The molecular weight excluding hydrogens is 386 g/mol. The molecule has 0 fully saturated rings. The maximum absolute atomic E-state index is 3.89. The van der Waals surface area contributed by atoms with E-state index >= 15 is 0 Å². The van der Waals surface area contributed by atoms with Crippen LogP contribution in [-0.2, 0) is 5.41 Å². The molecule has 3 aliphatic carbocycles. The first kappa shape index (κ1) is 16.8. The summed E-state index contributed by atoms with van der Waals surface area (Å²) in [6.07, 6.45) is 8.99. The molecule has 1 heteroatoms. The number of rotatable bonds is 0. The van der Waals surface area contributed by atoms with Crippen LogP contribution in [0.3, 0.4) is 0 Å². The number of fused-ring (bicyclic) bond motifs is 14. The van der Waals surface area contributed by atoms with Crippen LogP contribution in [-0.4, -0.2) is 6.04 Å². The van der Waals surface area contributed by atoms with Crippen LogP contribution in [0, 0.1) is 0 Å². The van der Waals surface area contributed by atoms with Crippen molar-refractivity contribution >= 4 is 5.69 Å². The fraction of sp³-hybridized carbons (Fsp3) is 0.0968. The van der Waals surface area contributed by atoms with Crippen LogP contribution in [0.4, 0.5) is 5.69 Å². The number of hydrogen-bond donors (Lipinski definition) is 1. The molecule has 4 aromatic rings. The van der Waals surface area contributed by atoms with Gasteiger partial charge in [0.25, 0.3) is 0 Å². The Morgan fingerprint density at radius 2 is 1.16 bits per heavy atom. The lowest BCUT2D eigenvalue weighted by Gasteiger charge is -2.30. The summed E-state index contributed by atoms with van der Waals surface area (Å²) < 4.78 is 0. The van der Waals surface area contributed by atoms with Crippen LogP contribution < -0.4 is 5.32 Å². The molecule has 1 heterocycles. The Hall–Kier alpha value is -3.84. The van der Waals surface area contributed by atoms with Gasteiger partial charge >= 0.3 is 0 Å². The Bertz CT molecular complexity index is 1470. The topological polar surface area (TPSA) is 12.0 Å². The molecule has 0 radical (unpaired) electrons. The minimum absolute atomic E-state index is 0.255. The second-order valence-corrected chi connectivity index (χ2v) is 9.30. The standard InChI is InChI=1S/C31H21N/c1-5-13-24-19(9-1)20-10-2-6-14-25(20)31(24)26-15-7-3-12-23(26)29-27(31)18-17-22-21-11-4-8-16-28(21)32-30(22)29/h1-18,21,28,32H. The normalized spacial score (nSPS) is 21.4. The van der Waals surface area contributed by atoms with Gasteiger partial charge in [0, 0.05) is 17.2 Å². The predicted molar refractivity (Wildman–Crippen MR) is 131 cm³/mol. The van der Waals surface area contributed by atoms with Crippen LogP contribution in [0.15, 0.2) is 109 Å². The second kappa shape index (κ2) is 5.69. The zero-order valence-corrected chi connectivity index (χ0v) is 17.5. The van der Waals surface area contributed by atoms with Crippen molar-refractivity contribution in [2.24, 2.45) is 0 Å². The Kier molecular flexibility index (Phi) is 2.99. The number of hydrogen-bond acceptors (Lipinski definition) is 1. The molecule has 0 aromatic heterocycles. The summed E-state index contributed by atoms with van der Waals surface area (Å²) in [4.78, 5) is 0. The molecule has 32 heavy (non-hydrogen) atoms. The van der Waals surface area contributed by atoms with Gasteiger partial charge in [-0.25, -0.2) is 0 Å². The third kappa shape index (κ3) is 1.75. The second-order valence-electron chi connectivity index (χ2n) is 9.30. The zero-order valence-electron chi connectivity index (χ0n) is 17.5. The van der Waals surface area contributed by atoms with E-state index in [-0.39, 0.29) is 5.41 Å². The van der Waals surface area contributed by atoms with Gasteiger partial charge in [-0.1, -0.05) is 109 Å². The molecule has 1 nitrogen and oxygen atoms in total. The van der Waals surface area contributed by atoms with E-state index in [1.165, 1.54) is 55.8 Å². The van der Waals surface area contributed by atoms with E-state index in [9.17, 15) is 0 Å². The number of benzene rings is 4. The predicted octanol–water partition coefficient (Wildman–Crippen LogP) is 7.03. The van der Waals surface area contributed by atoms with E-state index in [0.717, 1.165) is 0 Å². The molecule has 0 saturated heterocycles. The van der Waals surface area contributed by atoms with Gasteiger partial charge in [-0.3, -0.25) is 0 Å². The largest absolute Gasteiger partial charge is 0.377 e. The first-order chi connectivity index (χ1) is 15.9. The fourth-order valence-electron chi connectivity index (χ4n) is 6.84. The molecule has 2 unspecified atom stereocenters. The lowest BCUT2D eigenvalue weighted by atomic mass is 9.70. The van der Waals surface area contributed by atoms with Crippen molar-refractivity contribution in [2.75, 3.05) is 5.32 Å². The maximum atomic E-state index is 3.89. The van der Waals surface area contributed by atoms with Crippen LogP contribution in [0.25, 0.3) is 22.3 Å². The molecule has 1 N–H and O–H groups in total. The first-order valence-electron chi connectivity index (χ1n) is 11.5. The molecule has 2 atom stereocenters. The number of anilines is 1. The Balaban J connectivity index is 1.53. The minimum atomic E-state index is -0.255. The highest BCUT2D eigenvalue weighted by Crippen LogP contribution is 2.65. The summed E-state index contributed by atoms with van der Waals surface area (Å²) in [5.74, 6) is 0.409. The highest BCUT2D eigenvalue weighted by molar-refractivity contribution is 6.00. The van der Waals surface area contributed by atoms with Gasteiger partial charge in [0.1, 0.15) is 0 Å². The van der Waals surface area contributed by atoms with Gasteiger partial charge in [0.15, 0.2) is 0 Å². The van der Waals surface area contributed by atoms with E-state index in [2.05, 4.69) is 115 Å². The highest BCUT2D eigenvalue weighted by Gasteiger charge is 2.52. The van der Waals surface area contributed by atoms with Crippen LogP contribution in [0.2, 0.25) is 0 Å². The molecular formula is C31H21N. The van der Waals surface area contributed by atoms with Crippen molar-refractivity contribution in [1.82, 2.24) is 0 Å². The van der Waals surface area contributed by atoms with Gasteiger partial charge in [-0.2, -0.15) is 0 Å². The van der Waals surface area contributed by atoms with Crippen molar-refractivity contribution in [3.05, 3.63) is 137 Å². The van der Waals surface area contributed by atoms with Crippen molar-refractivity contribution in [1.29, 1.82) is 0 Å². The monoisotopic (exact) mass is 407 g/mol. The van der Waals surface area contributed by atoms with E-state index in [1.807, 2.05) is 0 Å². The summed E-state index contributed by atoms with van der Waals surface area (Å²) in [5.41, 5.74) is 13.6. The van der Waals surface area contributed by atoms with E-state index in [0.29, 0.717) is 12.0 Å². The third-order valence-corrected chi connectivity index (χ3v) is 8.00. The van der Waals surface area contributed by atoms with Crippen molar-refractivity contribution in [2.45, 2.75) is 17.4 Å². The molecule has 0 bridgehead atoms. The summed E-state index contributed by atoms with van der Waals surface area (Å²) in [6.45, 7) is 0. The summed E-state index contributed by atoms with van der Waals surface area (Å²) in [5, 5.41) is 3.89. The summed E-state index contributed by atoms with van der Waals surface area (Å²) >= 11 is 0. The van der Waals surface area contributed by atoms with Crippen molar-refractivity contribution < 1.29 is 0 Å². The van der Waals surface area contributed by atoms with Gasteiger partial charge in [0.05, 0.1) is 11.5 Å². The maximum Gasteiger partial charge on any atom is 0.0726 e. The Morgan fingerprint density at radius 3 is 1.88 bits per heavy atom. The SMILES string of the molecule is C1=CC2Nc3c(ccc4c3-c3ccccc3C43c4ccccc4-c4ccccc43)C2C=C1. The molecule has 1 aliphatic heterocycles. The lowest BCUT2D eigenvalue weighted by molar-refractivity contribution is 0.791. The molecule has 4 aromatic carbocycles. The van der Waals surface area contributed by atoms with Gasteiger partial charge in [-0.05, 0) is 44.5 Å². The van der Waals surface area contributed by atoms with E-state index in [4.69, 9.17) is 0 Å². The fourth-order valence-corrected chi connectivity index (χ4v) is 6.84. The van der Waals surface area contributed by atoms with E-state index < -0.39 is 0 Å². The van der Waals surface area contributed by atoms with Crippen LogP contribution in [0.5, 0.6) is 0 Å². The first-order valence-corrected chi connectivity index (χ1v) is 11.5. The molecule has 0 amide bonds. The average molecular weight is 408 g/mol. The molecule has 1 spiro atoms. The average Bonchev–Trinajstić information content (AvgIpc) is 3.48. The Morgan fingerprint density at radius 1 is 0.562 bits per heavy atom. The molecule has 8 rings (SSSR count). The minimum Gasteiger partial charge on any atom is -0.377 e.